The standard InChI is InChI=1S/C13H13N5O2S/c1-7-5-10(20-2)17-13(16-7)18-12(19)9-4-3-8(6-15-9)11(14)21/h3-6H,1-2H3,(H2,14,21)(H,16,17,18,19). The van der Waals surface area contributed by atoms with E-state index < -0.39 is 5.91 Å². The van der Waals surface area contributed by atoms with Crippen LogP contribution in [0, 0.1) is 6.92 Å². The van der Waals surface area contributed by atoms with Crippen molar-refractivity contribution in [3.05, 3.63) is 41.3 Å². The molecular formula is C13H13N5O2S. The molecule has 7 nitrogen and oxygen atoms in total. The molecule has 0 unspecified atom stereocenters. The van der Waals surface area contributed by atoms with Gasteiger partial charge in [0.15, 0.2) is 0 Å². The Morgan fingerprint density at radius 3 is 2.71 bits per heavy atom. The highest BCUT2D eigenvalue weighted by Gasteiger charge is 2.11. The summed E-state index contributed by atoms with van der Waals surface area (Å²) in [4.78, 5) is 24.4. The minimum absolute atomic E-state index is 0.150. The van der Waals surface area contributed by atoms with E-state index in [1.165, 1.54) is 19.4 Å². The Hall–Kier alpha value is -2.61. The highest BCUT2D eigenvalue weighted by atomic mass is 32.1. The van der Waals surface area contributed by atoms with E-state index in [-0.39, 0.29) is 16.6 Å². The van der Waals surface area contributed by atoms with Crippen LogP contribution < -0.4 is 15.8 Å². The molecule has 2 aromatic heterocycles. The number of nitrogens with one attached hydrogen (secondary N) is 1. The van der Waals surface area contributed by atoms with Crippen molar-refractivity contribution in [3.63, 3.8) is 0 Å². The summed E-state index contributed by atoms with van der Waals surface area (Å²) in [6.45, 7) is 1.77. The second-order valence-electron chi connectivity index (χ2n) is 4.13. The first-order valence-corrected chi connectivity index (χ1v) is 6.37. The maximum Gasteiger partial charge on any atom is 0.276 e. The van der Waals surface area contributed by atoms with Crippen LogP contribution in [0.1, 0.15) is 21.7 Å². The van der Waals surface area contributed by atoms with Crippen molar-refractivity contribution < 1.29 is 9.53 Å². The van der Waals surface area contributed by atoms with Gasteiger partial charge < -0.3 is 10.5 Å². The van der Waals surface area contributed by atoms with Gasteiger partial charge in [-0.1, -0.05) is 12.2 Å². The second kappa shape index (κ2) is 6.23. The van der Waals surface area contributed by atoms with E-state index in [4.69, 9.17) is 22.7 Å². The van der Waals surface area contributed by atoms with Crippen molar-refractivity contribution in [2.45, 2.75) is 6.92 Å². The summed E-state index contributed by atoms with van der Waals surface area (Å²) in [6.07, 6.45) is 1.44. The molecule has 2 heterocycles. The number of rotatable bonds is 4. The lowest BCUT2D eigenvalue weighted by molar-refractivity contribution is 0.102. The third-order valence-corrected chi connectivity index (χ3v) is 2.78. The molecule has 2 rings (SSSR count). The number of carbonyl (C=O) groups excluding carboxylic acids is 1. The lowest BCUT2D eigenvalue weighted by Gasteiger charge is -2.06. The van der Waals surface area contributed by atoms with Gasteiger partial charge in [0.1, 0.15) is 10.7 Å². The van der Waals surface area contributed by atoms with Crippen molar-refractivity contribution in [1.29, 1.82) is 0 Å². The number of hydrogen-bond donors (Lipinski definition) is 2. The van der Waals surface area contributed by atoms with Crippen molar-refractivity contribution in [2.24, 2.45) is 5.73 Å². The molecule has 0 bridgehead atoms. The molecule has 2 aromatic rings. The number of anilines is 1. The predicted molar refractivity (Wildman–Crippen MR) is 81.4 cm³/mol. The first-order chi connectivity index (χ1) is 9.99. The Bertz CT molecular complexity index is 687. The Morgan fingerprint density at radius 2 is 2.14 bits per heavy atom. The Labute approximate surface area is 126 Å². The minimum Gasteiger partial charge on any atom is -0.481 e. The fourth-order valence-corrected chi connectivity index (χ4v) is 1.66. The van der Waals surface area contributed by atoms with E-state index in [2.05, 4.69) is 20.3 Å². The van der Waals surface area contributed by atoms with Crippen molar-refractivity contribution in [3.8, 4) is 5.88 Å². The molecule has 1 amide bonds. The van der Waals surface area contributed by atoms with Crippen LogP contribution in [0.15, 0.2) is 24.4 Å². The molecule has 0 radical (unpaired) electrons. The van der Waals surface area contributed by atoms with Crippen molar-refractivity contribution in [1.82, 2.24) is 15.0 Å². The number of pyridine rings is 1. The van der Waals surface area contributed by atoms with Gasteiger partial charge in [-0.3, -0.25) is 15.1 Å². The summed E-state index contributed by atoms with van der Waals surface area (Å²) in [7, 11) is 1.49. The van der Waals surface area contributed by atoms with Gasteiger partial charge in [-0.2, -0.15) is 4.98 Å². The number of amides is 1. The number of ether oxygens (including phenoxy) is 1. The summed E-state index contributed by atoms with van der Waals surface area (Å²) in [6, 6.07) is 4.81. The summed E-state index contributed by atoms with van der Waals surface area (Å²) in [5, 5.41) is 2.55. The molecule has 0 fully saturated rings. The monoisotopic (exact) mass is 303 g/mol. The zero-order valence-corrected chi connectivity index (χ0v) is 12.3. The topological polar surface area (TPSA) is 103 Å². The van der Waals surface area contributed by atoms with Crippen LogP contribution in [0.25, 0.3) is 0 Å². The number of aryl methyl sites for hydroxylation is 1. The minimum atomic E-state index is -0.433. The molecule has 8 heteroatoms. The van der Waals surface area contributed by atoms with Crippen LogP contribution in [0.4, 0.5) is 5.95 Å². The Kier molecular flexibility index (Phi) is 4.39. The molecule has 0 atom stereocenters. The molecule has 0 spiro atoms. The lowest BCUT2D eigenvalue weighted by atomic mass is 10.2. The molecule has 21 heavy (non-hydrogen) atoms. The maximum absolute atomic E-state index is 12.0. The van der Waals surface area contributed by atoms with Gasteiger partial charge >= 0.3 is 0 Å². The third kappa shape index (κ3) is 3.69. The van der Waals surface area contributed by atoms with E-state index in [0.717, 1.165) is 0 Å². The quantitative estimate of drug-likeness (QED) is 0.814. The van der Waals surface area contributed by atoms with E-state index in [1.807, 2.05) is 0 Å². The van der Waals surface area contributed by atoms with Gasteiger partial charge in [0.25, 0.3) is 5.91 Å². The Morgan fingerprint density at radius 1 is 1.38 bits per heavy atom. The predicted octanol–water partition coefficient (Wildman–Crippen LogP) is 1.08. The number of hydrogen-bond acceptors (Lipinski definition) is 6. The van der Waals surface area contributed by atoms with E-state index in [1.54, 1.807) is 19.1 Å². The molecule has 0 aliphatic heterocycles. The first kappa shape index (κ1) is 14.8. The normalized spacial score (nSPS) is 10.0. The summed E-state index contributed by atoms with van der Waals surface area (Å²) >= 11 is 4.82. The van der Waals surface area contributed by atoms with Crippen LogP contribution in [-0.4, -0.2) is 33.0 Å². The first-order valence-electron chi connectivity index (χ1n) is 5.96. The zero-order valence-electron chi connectivity index (χ0n) is 11.5. The molecule has 0 saturated carbocycles. The van der Waals surface area contributed by atoms with Crippen LogP contribution in [0.2, 0.25) is 0 Å². The smallest absolute Gasteiger partial charge is 0.276 e. The van der Waals surface area contributed by atoms with Crippen molar-refractivity contribution >= 4 is 29.1 Å². The fourth-order valence-electron chi connectivity index (χ4n) is 1.54. The zero-order chi connectivity index (χ0) is 15.4. The number of nitrogens with two attached hydrogens (primary N) is 1. The molecule has 108 valence electrons. The van der Waals surface area contributed by atoms with E-state index >= 15 is 0 Å². The molecule has 0 aliphatic rings. The maximum atomic E-state index is 12.0. The van der Waals surface area contributed by atoms with E-state index in [9.17, 15) is 4.79 Å². The summed E-state index contributed by atoms with van der Waals surface area (Å²) in [5.41, 5.74) is 6.94. The number of thiocarbonyl (C=S) groups is 1. The van der Waals surface area contributed by atoms with Gasteiger partial charge in [-0.25, -0.2) is 4.98 Å². The van der Waals surface area contributed by atoms with Crippen LogP contribution in [0.5, 0.6) is 5.88 Å². The summed E-state index contributed by atoms with van der Waals surface area (Å²) in [5.74, 6) is 0.0869. The lowest BCUT2D eigenvalue weighted by Crippen LogP contribution is -2.17. The average Bonchev–Trinajstić information content (AvgIpc) is 2.46. The molecule has 0 saturated heterocycles. The van der Waals surface area contributed by atoms with Gasteiger partial charge in [-0.05, 0) is 19.1 Å². The molecule has 3 N–H and O–H groups in total. The highest BCUT2D eigenvalue weighted by Crippen LogP contribution is 2.12. The number of carbonyl (C=O) groups is 1. The van der Waals surface area contributed by atoms with Gasteiger partial charge in [-0.15, -0.1) is 0 Å². The number of methoxy groups -OCH3 is 1. The molecular weight excluding hydrogens is 290 g/mol. The van der Waals surface area contributed by atoms with Gasteiger partial charge in [0, 0.05) is 23.5 Å². The van der Waals surface area contributed by atoms with Crippen molar-refractivity contribution in [2.75, 3.05) is 12.4 Å². The van der Waals surface area contributed by atoms with E-state index in [0.29, 0.717) is 17.1 Å². The highest BCUT2D eigenvalue weighted by molar-refractivity contribution is 7.80. The average molecular weight is 303 g/mol. The number of nitrogens with zero attached hydrogens (tertiary/aromatic N) is 3. The van der Waals surface area contributed by atoms with Gasteiger partial charge in [0.05, 0.1) is 7.11 Å². The Balaban J connectivity index is 2.17. The largest absolute Gasteiger partial charge is 0.481 e. The van der Waals surface area contributed by atoms with Crippen LogP contribution >= 0.6 is 12.2 Å². The molecule has 0 aromatic carbocycles. The van der Waals surface area contributed by atoms with Crippen LogP contribution in [0.3, 0.4) is 0 Å². The second-order valence-corrected chi connectivity index (χ2v) is 4.57. The SMILES string of the molecule is COc1cc(C)nc(NC(=O)c2ccc(C(N)=S)cn2)n1. The van der Waals surface area contributed by atoms with Crippen LogP contribution in [-0.2, 0) is 0 Å². The number of aromatic nitrogens is 3. The fraction of sp³-hybridized carbons (Fsp3) is 0.154. The van der Waals surface area contributed by atoms with Gasteiger partial charge in [0.2, 0.25) is 11.8 Å². The third-order valence-electron chi connectivity index (χ3n) is 2.55. The summed E-state index contributed by atoms with van der Waals surface area (Å²) < 4.78 is 5.02. The molecule has 0 aliphatic carbocycles.